The molecule has 33 heavy (non-hydrogen) atoms. The summed E-state index contributed by atoms with van der Waals surface area (Å²) in [6.45, 7) is 0.318. The molecule has 164 valence electrons. The number of carbonyl (C=O) groups excluding carboxylic acids is 1. The zero-order chi connectivity index (χ0) is 22.8. The van der Waals surface area contributed by atoms with E-state index < -0.39 is 0 Å². The Morgan fingerprint density at radius 2 is 1.73 bits per heavy atom. The molecule has 3 heterocycles. The van der Waals surface area contributed by atoms with Crippen LogP contribution in [0.2, 0.25) is 0 Å². The molecule has 3 aromatic heterocycles. The highest BCUT2D eigenvalue weighted by molar-refractivity contribution is 7.99. The predicted octanol–water partition coefficient (Wildman–Crippen LogP) is 3.81. The summed E-state index contributed by atoms with van der Waals surface area (Å²) in [5.74, 6) is 0.329. The molecule has 5 aromatic rings. The molecule has 0 unspecified atom stereocenters. The van der Waals surface area contributed by atoms with E-state index in [-0.39, 0.29) is 28.2 Å². The molecule has 0 amide bonds. The number of aryl methyl sites for hydroxylation is 1. The van der Waals surface area contributed by atoms with E-state index >= 15 is 0 Å². The molecule has 0 aliphatic heterocycles. The molecule has 0 atom stereocenters. The second-order valence-corrected chi connectivity index (χ2v) is 8.36. The van der Waals surface area contributed by atoms with Crippen molar-refractivity contribution < 1.29 is 9.21 Å². The molecule has 0 saturated carbocycles. The first-order valence-electron chi connectivity index (χ1n) is 10.2. The Labute approximate surface area is 192 Å². The highest BCUT2D eigenvalue weighted by Gasteiger charge is 2.19. The van der Waals surface area contributed by atoms with Gasteiger partial charge in [-0.25, -0.2) is 4.68 Å². The fourth-order valence-corrected chi connectivity index (χ4v) is 4.21. The number of ketones is 1. The van der Waals surface area contributed by atoms with Crippen molar-refractivity contribution in [3.8, 4) is 11.6 Å². The Balaban J connectivity index is 1.46. The normalized spacial score (nSPS) is 11.2. The Morgan fingerprint density at radius 1 is 0.970 bits per heavy atom. The van der Waals surface area contributed by atoms with Gasteiger partial charge in [0.25, 0.3) is 16.7 Å². The summed E-state index contributed by atoms with van der Waals surface area (Å²) in [5.41, 5.74) is 1.80. The quantitative estimate of drug-likeness (QED) is 0.271. The number of fused-ring (bicyclic) bond motifs is 1. The van der Waals surface area contributed by atoms with E-state index in [0.717, 1.165) is 5.56 Å². The smallest absolute Gasteiger partial charge is 0.277 e. The number of thioether (sulfide) groups is 1. The second-order valence-electron chi connectivity index (χ2n) is 7.43. The van der Waals surface area contributed by atoms with E-state index in [4.69, 9.17) is 4.42 Å². The number of rotatable bonds is 7. The molecule has 0 bridgehead atoms. The zero-order valence-electron chi connectivity index (χ0n) is 17.7. The van der Waals surface area contributed by atoms with Crippen LogP contribution in [0.4, 0.5) is 0 Å². The molecule has 5 rings (SSSR count). The molecule has 0 aliphatic carbocycles. The maximum absolute atomic E-state index is 13.0. The Hall–Kier alpha value is -3.98. The van der Waals surface area contributed by atoms with Crippen molar-refractivity contribution in [1.29, 1.82) is 0 Å². The molecule has 0 aliphatic rings. The SMILES string of the molecule is Cn1cccc1C(=O)CSc1nnc(-c2nn(Cc3ccccc3)c(=O)c3ccccc23)o1. The predicted molar refractivity (Wildman–Crippen MR) is 125 cm³/mol. The van der Waals surface area contributed by atoms with E-state index in [9.17, 15) is 9.59 Å². The first-order chi connectivity index (χ1) is 16.1. The number of carbonyl (C=O) groups is 1. The zero-order valence-corrected chi connectivity index (χ0v) is 18.5. The van der Waals surface area contributed by atoms with Crippen LogP contribution in [0.1, 0.15) is 16.1 Å². The number of benzene rings is 2. The van der Waals surface area contributed by atoms with E-state index in [1.165, 1.54) is 16.4 Å². The first-order valence-corrected chi connectivity index (χ1v) is 11.2. The average Bonchev–Trinajstić information content (AvgIpc) is 3.49. The lowest BCUT2D eigenvalue weighted by Gasteiger charge is -2.09. The largest absolute Gasteiger partial charge is 0.409 e. The number of hydrogen-bond acceptors (Lipinski definition) is 7. The van der Waals surface area contributed by atoms with Crippen LogP contribution in [-0.2, 0) is 13.6 Å². The summed E-state index contributed by atoms with van der Waals surface area (Å²) in [6.07, 6.45) is 1.82. The van der Waals surface area contributed by atoms with Crippen LogP contribution >= 0.6 is 11.8 Å². The summed E-state index contributed by atoms with van der Waals surface area (Å²) < 4.78 is 9.00. The average molecular weight is 458 g/mol. The van der Waals surface area contributed by atoms with Crippen LogP contribution in [0.5, 0.6) is 0 Å². The van der Waals surface area contributed by atoms with Gasteiger partial charge in [-0.3, -0.25) is 9.59 Å². The third-order valence-electron chi connectivity index (χ3n) is 5.21. The fourth-order valence-electron chi connectivity index (χ4n) is 3.57. The van der Waals surface area contributed by atoms with Gasteiger partial charge in [-0.2, -0.15) is 5.10 Å². The van der Waals surface area contributed by atoms with Gasteiger partial charge in [0, 0.05) is 18.6 Å². The highest BCUT2D eigenvalue weighted by atomic mass is 32.2. The highest BCUT2D eigenvalue weighted by Crippen LogP contribution is 2.27. The van der Waals surface area contributed by atoms with Crippen LogP contribution in [0, 0.1) is 0 Å². The first kappa shape index (κ1) is 20.9. The van der Waals surface area contributed by atoms with Gasteiger partial charge < -0.3 is 8.98 Å². The van der Waals surface area contributed by atoms with Crippen LogP contribution in [0.25, 0.3) is 22.4 Å². The van der Waals surface area contributed by atoms with Crippen LogP contribution < -0.4 is 5.56 Å². The maximum atomic E-state index is 13.0. The van der Waals surface area contributed by atoms with Crippen molar-refractivity contribution in [3.05, 3.63) is 94.5 Å². The molecule has 0 radical (unpaired) electrons. The Kier molecular flexibility index (Phi) is 5.62. The summed E-state index contributed by atoms with van der Waals surface area (Å²) in [7, 11) is 1.82. The van der Waals surface area contributed by atoms with Crippen molar-refractivity contribution in [3.63, 3.8) is 0 Å². The molecule has 0 spiro atoms. The minimum Gasteiger partial charge on any atom is -0.409 e. The van der Waals surface area contributed by atoms with E-state index in [2.05, 4.69) is 15.3 Å². The van der Waals surface area contributed by atoms with Crippen molar-refractivity contribution in [2.45, 2.75) is 11.8 Å². The van der Waals surface area contributed by atoms with Gasteiger partial charge in [-0.15, -0.1) is 10.2 Å². The monoisotopic (exact) mass is 457 g/mol. The molecule has 8 nitrogen and oxygen atoms in total. The Morgan fingerprint density at radius 3 is 2.48 bits per heavy atom. The molecule has 0 N–H and O–H groups in total. The van der Waals surface area contributed by atoms with Crippen LogP contribution in [0.15, 0.2) is 87.4 Å². The van der Waals surface area contributed by atoms with Crippen molar-refractivity contribution >= 4 is 28.3 Å². The van der Waals surface area contributed by atoms with Gasteiger partial charge in [0.1, 0.15) is 0 Å². The lowest BCUT2D eigenvalue weighted by Crippen LogP contribution is -2.24. The standard InChI is InChI=1S/C24H19N5O3S/c1-28-13-7-12-19(28)20(30)15-33-24-26-25-22(32-24)21-17-10-5-6-11-18(17)23(31)29(27-21)14-16-8-3-2-4-9-16/h2-13H,14-15H2,1H3. The van der Waals surface area contributed by atoms with Gasteiger partial charge in [-0.1, -0.05) is 60.3 Å². The summed E-state index contributed by atoms with van der Waals surface area (Å²) in [5, 5.41) is 14.2. The molecular weight excluding hydrogens is 438 g/mol. The number of nitrogens with zero attached hydrogens (tertiary/aromatic N) is 5. The lowest BCUT2D eigenvalue weighted by molar-refractivity contribution is 0.101. The van der Waals surface area contributed by atoms with E-state index in [0.29, 0.717) is 28.7 Å². The third-order valence-corrected chi connectivity index (χ3v) is 6.03. The van der Waals surface area contributed by atoms with Crippen molar-refractivity contribution in [2.75, 3.05) is 5.75 Å². The van der Waals surface area contributed by atoms with Gasteiger partial charge >= 0.3 is 0 Å². The maximum Gasteiger partial charge on any atom is 0.277 e. The summed E-state index contributed by atoms with van der Waals surface area (Å²) in [6, 6.07) is 20.4. The topological polar surface area (TPSA) is 95.8 Å². The van der Waals surface area contributed by atoms with Gasteiger partial charge in [0.15, 0.2) is 11.5 Å². The molecule has 0 saturated heterocycles. The molecule has 0 fully saturated rings. The number of hydrogen-bond donors (Lipinski definition) is 0. The molecular formula is C24H19N5O3S. The van der Waals surface area contributed by atoms with Gasteiger partial charge in [0.2, 0.25) is 0 Å². The number of Topliss-reactive ketones (excluding diaryl/α,β-unsaturated/α-hetero) is 1. The molecule has 9 heteroatoms. The minimum absolute atomic E-state index is 0.0350. The fraction of sp³-hybridized carbons (Fsp3) is 0.125. The second kappa shape index (κ2) is 8.87. The number of aromatic nitrogens is 5. The van der Waals surface area contributed by atoms with Gasteiger partial charge in [0.05, 0.1) is 23.4 Å². The summed E-state index contributed by atoms with van der Waals surface area (Å²) in [4.78, 5) is 25.5. The van der Waals surface area contributed by atoms with Crippen LogP contribution in [-0.4, -0.2) is 36.1 Å². The van der Waals surface area contributed by atoms with Crippen LogP contribution in [0.3, 0.4) is 0 Å². The molecule has 2 aromatic carbocycles. The van der Waals surface area contributed by atoms with Crippen molar-refractivity contribution in [1.82, 2.24) is 24.5 Å². The Bertz CT molecular complexity index is 1500. The summed E-state index contributed by atoms with van der Waals surface area (Å²) >= 11 is 1.17. The lowest BCUT2D eigenvalue weighted by atomic mass is 10.1. The minimum atomic E-state index is -0.194. The van der Waals surface area contributed by atoms with E-state index in [1.807, 2.05) is 67.8 Å². The van der Waals surface area contributed by atoms with Crippen molar-refractivity contribution in [2.24, 2.45) is 7.05 Å². The van der Waals surface area contributed by atoms with E-state index in [1.54, 1.807) is 16.7 Å². The van der Waals surface area contributed by atoms with Gasteiger partial charge in [-0.05, 0) is 23.8 Å². The third kappa shape index (κ3) is 4.22.